The number of ether oxygens (including phenoxy) is 1. The second-order valence-corrected chi connectivity index (χ2v) is 6.30. The molecular formula is C21H30IN3O. The van der Waals surface area contributed by atoms with Gasteiger partial charge in [0, 0.05) is 27.2 Å². The van der Waals surface area contributed by atoms with Crippen LogP contribution in [0.1, 0.15) is 27.8 Å². The van der Waals surface area contributed by atoms with Crippen molar-refractivity contribution >= 4 is 29.9 Å². The van der Waals surface area contributed by atoms with Crippen molar-refractivity contribution < 1.29 is 4.74 Å². The summed E-state index contributed by atoms with van der Waals surface area (Å²) >= 11 is 0. The van der Waals surface area contributed by atoms with Gasteiger partial charge in [0.05, 0.1) is 6.61 Å². The van der Waals surface area contributed by atoms with Crippen LogP contribution < -0.4 is 10.6 Å². The van der Waals surface area contributed by atoms with Gasteiger partial charge in [0.1, 0.15) is 0 Å². The first-order valence-electron chi connectivity index (χ1n) is 8.69. The van der Waals surface area contributed by atoms with Crippen molar-refractivity contribution in [3.63, 3.8) is 0 Å². The Labute approximate surface area is 174 Å². The molecule has 0 aliphatic heterocycles. The molecular weight excluding hydrogens is 437 g/mol. The van der Waals surface area contributed by atoms with Crippen LogP contribution >= 0.6 is 24.0 Å². The number of hydrogen-bond donors (Lipinski definition) is 2. The maximum absolute atomic E-state index is 5.26. The fourth-order valence-corrected chi connectivity index (χ4v) is 2.96. The summed E-state index contributed by atoms with van der Waals surface area (Å²) in [4.78, 5) is 4.31. The molecule has 0 spiro atoms. The monoisotopic (exact) mass is 467 g/mol. The highest BCUT2D eigenvalue weighted by molar-refractivity contribution is 14.0. The fourth-order valence-electron chi connectivity index (χ4n) is 2.96. The van der Waals surface area contributed by atoms with Gasteiger partial charge in [0.2, 0.25) is 0 Å². The summed E-state index contributed by atoms with van der Waals surface area (Å²) in [6.45, 7) is 6.48. The predicted octanol–water partition coefficient (Wildman–Crippen LogP) is 3.98. The van der Waals surface area contributed by atoms with E-state index in [-0.39, 0.29) is 24.0 Å². The average molecular weight is 467 g/mol. The van der Waals surface area contributed by atoms with Crippen LogP contribution in [0.15, 0.2) is 47.5 Å². The van der Waals surface area contributed by atoms with E-state index in [1.165, 1.54) is 27.8 Å². The highest BCUT2D eigenvalue weighted by Gasteiger charge is 2.03. The van der Waals surface area contributed by atoms with Crippen LogP contribution in [0.25, 0.3) is 0 Å². The molecule has 0 saturated heterocycles. The summed E-state index contributed by atoms with van der Waals surface area (Å²) in [5, 5.41) is 6.76. The molecule has 0 saturated carbocycles. The van der Waals surface area contributed by atoms with Gasteiger partial charge < -0.3 is 15.4 Å². The molecule has 0 aliphatic rings. The van der Waals surface area contributed by atoms with Gasteiger partial charge in [-0.2, -0.15) is 0 Å². The molecule has 0 heterocycles. The van der Waals surface area contributed by atoms with Crippen molar-refractivity contribution in [3.8, 4) is 0 Å². The Bertz CT molecular complexity index is 696. The van der Waals surface area contributed by atoms with Crippen LogP contribution in [0.2, 0.25) is 0 Å². The fraction of sp³-hybridized carbons (Fsp3) is 0.381. The summed E-state index contributed by atoms with van der Waals surface area (Å²) in [5.41, 5.74) is 6.40. The number of guanidine groups is 1. The lowest BCUT2D eigenvalue weighted by molar-refractivity contribution is 0.184. The van der Waals surface area contributed by atoms with E-state index in [0.717, 1.165) is 25.5 Å². The van der Waals surface area contributed by atoms with E-state index in [2.05, 4.69) is 59.8 Å². The smallest absolute Gasteiger partial charge is 0.191 e. The third-order valence-corrected chi connectivity index (χ3v) is 4.08. The number of halogens is 1. The molecule has 2 aromatic rings. The lowest BCUT2D eigenvalue weighted by atomic mass is 10.1. The van der Waals surface area contributed by atoms with Crippen LogP contribution in [-0.4, -0.2) is 26.7 Å². The second-order valence-electron chi connectivity index (χ2n) is 6.30. The maximum atomic E-state index is 5.26. The Hall–Kier alpha value is -1.60. The van der Waals surface area contributed by atoms with Gasteiger partial charge in [-0.05, 0) is 37.0 Å². The Morgan fingerprint density at radius 2 is 1.65 bits per heavy atom. The van der Waals surface area contributed by atoms with E-state index < -0.39 is 0 Å². The quantitative estimate of drug-likeness (QED) is 0.368. The van der Waals surface area contributed by atoms with Gasteiger partial charge in [-0.1, -0.05) is 53.6 Å². The molecule has 0 amide bonds. The average Bonchev–Trinajstić information content (AvgIpc) is 2.58. The molecule has 5 heteroatoms. The number of benzene rings is 2. The summed E-state index contributed by atoms with van der Waals surface area (Å²) in [6.07, 6.45) is 0.976. The van der Waals surface area contributed by atoms with Crippen LogP contribution in [-0.2, 0) is 24.3 Å². The number of nitrogens with zero attached hydrogens (tertiary/aromatic N) is 1. The molecule has 2 N–H and O–H groups in total. The number of nitrogens with one attached hydrogen (secondary N) is 2. The Morgan fingerprint density at radius 1 is 1.00 bits per heavy atom. The minimum absolute atomic E-state index is 0. The number of aliphatic imine (C=N–C) groups is 1. The van der Waals surface area contributed by atoms with Gasteiger partial charge in [0.15, 0.2) is 5.96 Å². The van der Waals surface area contributed by atoms with Crippen molar-refractivity contribution in [2.24, 2.45) is 4.99 Å². The van der Waals surface area contributed by atoms with Crippen molar-refractivity contribution in [1.82, 2.24) is 10.6 Å². The van der Waals surface area contributed by atoms with Crippen molar-refractivity contribution in [1.29, 1.82) is 0 Å². The summed E-state index contributed by atoms with van der Waals surface area (Å²) in [7, 11) is 3.52. The molecule has 0 aliphatic carbocycles. The highest BCUT2D eigenvalue weighted by atomic mass is 127. The minimum atomic E-state index is 0. The molecule has 2 aromatic carbocycles. The highest BCUT2D eigenvalue weighted by Crippen LogP contribution is 2.10. The molecule has 4 nitrogen and oxygen atoms in total. The number of aryl methyl sites for hydroxylation is 2. The molecule has 0 fully saturated rings. The minimum Gasteiger partial charge on any atom is -0.380 e. The van der Waals surface area contributed by atoms with E-state index in [1.807, 2.05) is 12.1 Å². The van der Waals surface area contributed by atoms with E-state index >= 15 is 0 Å². The first-order valence-corrected chi connectivity index (χ1v) is 8.69. The van der Waals surface area contributed by atoms with Gasteiger partial charge >= 0.3 is 0 Å². The summed E-state index contributed by atoms with van der Waals surface area (Å²) < 4.78 is 5.26. The van der Waals surface area contributed by atoms with Gasteiger partial charge in [-0.15, -0.1) is 24.0 Å². The Kier molecular flexibility index (Phi) is 10.3. The second kappa shape index (κ2) is 11.9. The van der Waals surface area contributed by atoms with E-state index in [4.69, 9.17) is 4.74 Å². The molecule has 2 rings (SSSR count). The molecule has 26 heavy (non-hydrogen) atoms. The zero-order valence-corrected chi connectivity index (χ0v) is 18.5. The van der Waals surface area contributed by atoms with Crippen LogP contribution in [0.3, 0.4) is 0 Å². The Morgan fingerprint density at radius 3 is 2.27 bits per heavy atom. The first kappa shape index (κ1) is 22.4. The molecule has 0 unspecified atom stereocenters. The van der Waals surface area contributed by atoms with Gasteiger partial charge in [0.25, 0.3) is 0 Å². The predicted molar refractivity (Wildman–Crippen MR) is 120 cm³/mol. The number of methoxy groups -OCH3 is 1. The maximum Gasteiger partial charge on any atom is 0.191 e. The summed E-state index contributed by atoms with van der Waals surface area (Å²) in [5.74, 6) is 0.816. The number of hydrogen-bond acceptors (Lipinski definition) is 2. The zero-order chi connectivity index (χ0) is 18.1. The van der Waals surface area contributed by atoms with Crippen molar-refractivity contribution in [2.45, 2.75) is 33.4 Å². The van der Waals surface area contributed by atoms with E-state index in [1.54, 1.807) is 14.2 Å². The van der Waals surface area contributed by atoms with E-state index in [9.17, 15) is 0 Å². The van der Waals surface area contributed by atoms with Crippen LogP contribution in [0, 0.1) is 13.8 Å². The van der Waals surface area contributed by atoms with Gasteiger partial charge in [-0.3, -0.25) is 4.99 Å². The molecule has 0 radical (unpaired) electrons. The topological polar surface area (TPSA) is 45.7 Å². The van der Waals surface area contributed by atoms with Gasteiger partial charge in [-0.25, -0.2) is 0 Å². The molecule has 0 bridgehead atoms. The lowest BCUT2D eigenvalue weighted by Gasteiger charge is -2.14. The zero-order valence-electron chi connectivity index (χ0n) is 16.1. The van der Waals surface area contributed by atoms with Crippen LogP contribution in [0.4, 0.5) is 0 Å². The van der Waals surface area contributed by atoms with Crippen molar-refractivity contribution in [3.05, 3.63) is 70.3 Å². The molecule has 142 valence electrons. The van der Waals surface area contributed by atoms with E-state index in [0.29, 0.717) is 6.61 Å². The lowest BCUT2D eigenvalue weighted by Crippen LogP contribution is -2.38. The summed E-state index contributed by atoms with van der Waals surface area (Å²) in [6, 6.07) is 15.0. The Balaban J connectivity index is 0.00000338. The number of rotatable bonds is 7. The first-order chi connectivity index (χ1) is 12.1. The third-order valence-electron chi connectivity index (χ3n) is 4.08. The standard InChI is InChI=1S/C21H29N3O.HI/c1-16-11-17(2)13-18(12-16)9-10-23-21(22-3)24-14-19-7-5-6-8-20(19)15-25-4;/h5-8,11-13H,9-10,14-15H2,1-4H3,(H2,22,23,24);1H. The molecule has 0 aromatic heterocycles. The molecule has 0 atom stereocenters. The largest absolute Gasteiger partial charge is 0.380 e. The third kappa shape index (κ3) is 7.33. The SMILES string of the molecule is CN=C(NCCc1cc(C)cc(C)c1)NCc1ccccc1COC.I. The normalized spacial score (nSPS) is 11.0. The van der Waals surface area contributed by atoms with Crippen molar-refractivity contribution in [2.75, 3.05) is 20.7 Å². The van der Waals surface area contributed by atoms with Crippen LogP contribution in [0.5, 0.6) is 0 Å².